The average molecular weight is 320 g/mol. The van der Waals surface area contributed by atoms with Gasteiger partial charge in [-0.25, -0.2) is 0 Å². The standard InChI is InChI=1S/C8H5IN2O2S/c9-8-11-10-7(14-8)4-1-2-5(12)6(13)3-4/h1-3,12-13H. The molecule has 2 aromatic rings. The summed E-state index contributed by atoms with van der Waals surface area (Å²) in [4.78, 5) is 0. The van der Waals surface area contributed by atoms with Crippen LogP contribution >= 0.6 is 33.9 Å². The first-order chi connectivity index (χ1) is 6.66. The van der Waals surface area contributed by atoms with Gasteiger partial charge in [0, 0.05) is 5.56 Å². The minimum atomic E-state index is -0.146. The van der Waals surface area contributed by atoms with Crippen molar-refractivity contribution < 1.29 is 10.2 Å². The second-order valence-electron chi connectivity index (χ2n) is 2.56. The Labute approximate surface area is 97.4 Å². The molecule has 0 aliphatic rings. The zero-order valence-corrected chi connectivity index (χ0v) is 9.78. The van der Waals surface area contributed by atoms with Gasteiger partial charge in [-0.2, -0.15) is 0 Å². The van der Waals surface area contributed by atoms with Crippen molar-refractivity contribution in [2.24, 2.45) is 0 Å². The van der Waals surface area contributed by atoms with Crippen molar-refractivity contribution in [3.05, 3.63) is 21.2 Å². The van der Waals surface area contributed by atoms with Crippen LogP contribution in [-0.4, -0.2) is 20.4 Å². The molecule has 0 saturated heterocycles. The van der Waals surface area contributed by atoms with Gasteiger partial charge in [-0.1, -0.05) is 11.3 Å². The largest absolute Gasteiger partial charge is 0.504 e. The van der Waals surface area contributed by atoms with Crippen molar-refractivity contribution in [2.75, 3.05) is 0 Å². The minimum Gasteiger partial charge on any atom is -0.504 e. The van der Waals surface area contributed by atoms with Crippen LogP contribution in [0.3, 0.4) is 0 Å². The van der Waals surface area contributed by atoms with E-state index >= 15 is 0 Å². The van der Waals surface area contributed by atoms with E-state index in [4.69, 9.17) is 5.11 Å². The van der Waals surface area contributed by atoms with Gasteiger partial charge in [0.25, 0.3) is 0 Å². The van der Waals surface area contributed by atoms with Gasteiger partial charge in [0.2, 0.25) is 0 Å². The van der Waals surface area contributed by atoms with E-state index in [1.165, 1.54) is 23.5 Å². The summed E-state index contributed by atoms with van der Waals surface area (Å²) >= 11 is 3.50. The highest BCUT2D eigenvalue weighted by Gasteiger charge is 2.07. The topological polar surface area (TPSA) is 66.2 Å². The summed E-state index contributed by atoms with van der Waals surface area (Å²) < 4.78 is 0.838. The minimum absolute atomic E-state index is 0.132. The molecule has 6 heteroatoms. The summed E-state index contributed by atoms with van der Waals surface area (Å²) in [5, 5.41) is 26.9. The molecular weight excluding hydrogens is 315 g/mol. The van der Waals surface area contributed by atoms with Crippen LogP contribution in [0.4, 0.5) is 0 Å². The van der Waals surface area contributed by atoms with E-state index in [2.05, 4.69) is 32.8 Å². The van der Waals surface area contributed by atoms with E-state index in [1.54, 1.807) is 6.07 Å². The number of benzene rings is 1. The predicted molar refractivity (Wildman–Crippen MR) is 61.4 cm³/mol. The number of nitrogens with zero attached hydrogens (tertiary/aromatic N) is 2. The van der Waals surface area contributed by atoms with Crippen LogP contribution in [-0.2, 0) is 0 Å². The van der Waals surface area contributed by atoms with Gasteiger partial charge in [0.15, 0.2) is 14.5 Å². The molecule has 0 atom stereocenters. The molecule has 0 fully saturated rings. The van der Waals surface area contributed by atoms with Crippen LogP contribution < -0.4 is 0 Å². The Balaban J connectivity index is 2.47. The van der Waals surface area contributed by atoms with Crippen LogP contribution in [0, 0.1) is 3.01 Å². The maximum absolute atomic E-state index is 9.27. The number of halogens is 1. The van der Waals surface area contributed by atoms with Gasteiger partial charge >= 0.3 is 0 Å². The molecule has 0 aliphatic carbocycles. The molecule has 1 heterocycles. The van der Waals surface area contributed by atoms with Crippen molar-refractivity contribution in [1.82, 2.24) is 10.2 Å². The molecular formula is C8H5IN2O2S. The predicted octanol–water partition coefficient (Wildman–Crippen LogP) is 2.22. The monoisotopic (exact) mass is 320 g/mol. The van der Waals surface area contributed by atoms with Crippen molar-refractivity contribution in [2.45, 2.75) is 0 Å². The number of aromatic hydroxyl groups is 2. The summed E-state index contributed by atoms with van der Waals surface area (Å²) in [5.74, 6) is -0.277. The fourth-order valence-electron chi connectivity index (χ4n) is 0.978. The quantitative estimate of drug-likeness (QED) is 0.625. The van der Waals surface area contributed by atoms with Crippen molar-refractivity contribution >= 4 is 33.9 Å². The fourth-order valence-corrected chi connectivity index (χ4v) is 2.28. The van der Waals surface area contributed by atoms with Crippen LogP contribution in [0.1, 0.15) is 0 Å². The van der Waals surface area contributed by atoms with E-state index < -0.39 is 0 Å². The Kier molecular flexibility index (Phi) is 2.55. The van der Waals surface area contributed by atoms with Crippen molar-refractivity contribution in [3.8, 4) is 22.1 Å². The smallest absolute Gasteiger partial charge is 0.178 e. The lowest BCUT2D eigenvalue weighted by Crippen LogP contribution is -1.77. The highest BCUT2D eigenvalue weighted by Crippen LogP contribution is 2.31. The van der Waals surface area contributed by atoms with Crippen LogP contribution in [0.5, 0.6) is 11.5 Å². The third-order valence-corrected chi connectivity index (χ3v) is 3.26. The first-order valence-corrected chi connectivity index (χ1v) is 5.57. The lowest BCUT2D eigenvalue weighted by atomic mass is 10.2. The van der Waals surface area contributed by atoms with E-state index in [0.29, 0.717) is 0 Å². The molecule has 72 valence electrons. The normalized spacial score (nSPS) is 10.4. The van der Waals surface area contributed by atoms with Crippen LogP contribution in [0.2, 0.25) is 0 Å². The molecule has 0 bridgehead atoms. The maximum Gasteiger partial charge on any atom is 0.178 e. The van der Waals surface area contributed by atoms with Gasteiger partial charge in [-0.15, -0.1) is 10.2 Å². The molecule has 1 aromatic heterocycles. The molecule has 0 aliphatic heterocycles. The number of aromatic nitrogens is 2. The van der Waals surface area contributed by atoms with Crippen molar-refractivity contribution in [3.63, 3.8) is 0 Å². The third kappa shape index (κ3) is 1.80. The molecule has 2 N–H and O–H groups in total. The number of phenolic OH excluding ortho intramolecular Hbond substituents is 2. The zero-order chi connectivity index (χ0) is 10.1. The summed E-state index contributed by atoms with van der Waals surface area (Å²) in [6.07, 6.45) is 0. The van der Waals surface area contributed by atoms with Gasteiger partial charge in [-0.3, -0.25) is 0 Å². The fraction of sp³-hybridized carbons (Fsp3) is 0. The van der Waals surface area contributed by atoms with Gasteiger partial charge in [-0.05, 0) is 40.8 Å². The number of rotatable bonds is 1. The Morgan fingerprint density at radius 2 is 1.93 bits per heavy atom. The summed E-state index contributed by atoms with van der Waals surface area (Å²) in [5.41, 5.74) is 0.751. The summed E-state index contributed by atoms with van der Waals surface area (Å²) in [7, 11) is 0. The van der Waals surface area contributed by atoms with Gasteiger partial charge < -0.3 is 10.2 Å². The van der Waals surface area contributed by atoms with Crippen LogP contribution in [0.15, 0.2) is 18.2 Å². The third-order valence-electron chi connectivity index (χ3n) is 1.62. The lowest BCUT2D eigenvalue weighted by Gasteiger charge is -1.98. The second-order valence-corrected chi connectivity index (χ2v) is 5.29. The molecule has 2 rings (SSSR count). The maximum atomic E-state index is 9.27. The average Bonchev–Trinajstić information content (AvgIpc) is 2.57. The van der Waals surface area contributed by atoms with Gasteiger partial charge in [0.05, 0.1) is 0 Å². The molecule has 0 spiro atoms. The summed E-state index contributed by atoms with van der Waals surface area (Å²) in [6, 6.07) is 4.58. The molecule has 4 nitrogen and oxygen atoms in total. The molecule has 0 saturated carbocycles. The number of hydrogen-bond donors (Lipinski definition) is 2. The Morgan fingerprint density at radius 1 is 1.14 bits per heavy atom. The molecule has 0 unspecified atom stereocenters. The lowest BCUT2D eigenvalue weighted by molar-refractivity contribution is 0.404. The highest BCUT2D eigenvalue weighted by atomic mass is 127. The molecule has 1 aromatic carbocycles. The molecule has 0 amide bonds. The van der Waals surface area contributed by atoms with E-state index in [1.807, 2.05) is 0 Å². The Morgan fingerprint density at radius 3 is 2.50 bits per heavy atom. The van der Waals surface area contributed by atoms with Crippen molar-refractivity contribution in [1.29, 1.82) is 0 Å². The molecule has 0 radical (unpaired) electrons. The van der Waals surface area contributed by atoms with E-state index in [-0.39, 0.29) is 11.5 Å². The number of phenols is 2. The zero-order valence-electron chi connectivity index (χ0n) is 6.81. The Bertz CT molecular complexity index is 472. The summed E-state index contributed by atoms with van der Waals surface area (Å²) in [6.45, 7) is 0. The SMILES string of the molecule is Oc1ccc(-c2nnc(I)s2)cc1O. The number of hydrogen-bond acceptors (Lipinski definition) is 5. The van der Waals surface area contributed by atoms with E-state index in [0.717, 1.165) is 13.6 Å². The molecule has 14 heavy (non-hydrogen) atoms. The Hall–Kier alpha value is -0.890. The first-order valence-electron chi connectivity index (χ1n) is 3.68. The van der Waals surface area contributed by atoms with E-state index in [9.17, 15) is 5.11 Å². The van der Waals surface area contributed by atoms with Crippen LogP contribution in [0.25, 0.3) is 10.6 Å². The first kappa shape index (κ1) is 9.66. The second kappa shape index (κ2) is 3.70. The highest BCUT2D eigenvalue weighted by molar-refractivity contribution is 14.1. The van der Waals surface area contributed by atoms with Gasteiger partial charge in [0.1, 0.15) is 5.01 Å².